The summed E-state index contributed by atoms with van der Waals surface area (Å²) < 4.78 is 0. The normalized spacial score (nSPS) is 32.0. The summed E-state index contributed by atoms with van der Waals surface area (Å²) in [5.41, 5.74) is 0. The molecule has 0 aliphatic carbocycles. The van der Waals surface area contributed by atoms with Crippen LogP contribution < -0.4 is 5.32 Å². The zero-order valence-electron chi connectivity index (χ0n) is 5.93. The molecule has 0 amide bonds. The molecule has 54 valence electrons. The summed E-state index contributed by atoms with van der Waals surface area (Å²) in [7, 11) is 0. The highest BCUT2D eigenvalue weighted by atomic mass is 16.3. The predicted molar refractivity (Wildman–Crippen MR) is 37.3 cm³/mol. The first-order chi connectivity index (χ1) is 4.30. The molecule has 2 atom stereocenters. The summed E-state index contributed by atoms with van der Waals surface area (Å²) in [6.07, 6.45) is 2.28. The van der Waals surface area contributed by atoms with Crippen molar-refractivity contribution in [3.05, 3.63) is 0 Å². The molecule has 1 rings (SSSR count). The van der Waals surface area contributed by atoms with Crippen LogP contribution in [0.3, 0.4) is 0 Å². The number of aliphatic hydroxyl groups is 1. The van der Waals surface area contributed by atoms with E-state index in [1.165, 1.54) is 12.8 Å². The number of rotatable bonds is 1. The van der Waals surface area contributed by atoms with Gasteiger partial charge in [-0.1, -0.05) is 0 Å². The van der Waals surface area contributed by atoms with Gasteiger partial charge in [0, 0.05) is 6.54 Å². The van der Waals surface area contributed by atoms with Crippen molar-refractivity contribution >= 4 is 0 Å². The lowest BCUT2D eigenvalue weighted by molar-refractivity contribution is 0.109. The van der Waals surface area contributed by atoms with Crippen molar-refractivity contribution in [3.8, 4) is 0 Å². The summed E-state index contributed by atoms with van der Waals surface area (Å²) in [6.45, 7) is 4.00. The van der Waals surface area contributed by atoms with Crippen LogP contribution in [0.5, 0.6) is 0 Å². The fraction of sp³-hybridized carbons (Fsp3) is 1.00. The van der Waals surface area contributed by atoms with E-state index >= 15 is 0 Å². The van der Waals surface area contributed by atoms with Crippen molar-refractivity contribution < 1.29 is 5.11 Å². The Morgan fingerprint density at radius 2 is 2.44 bits per heavy atom. The van der Waals surface area contributed by atoms with Crippen LogP contribution >= 0.6 is 0 Å². The molecule has 9 heavy (non-hydrogen) atoms. The molecule has 2 nitrogen and oxygen atoms in total. The minimum absolute atomic E-state index is 0.127. The van der Waals surface area contributed by atoms with E-state index < -0.39 is 0 Å². The van der Waals surface area contributed by atoms with Gasteiger partial charge < -0.3 is 10.4 Å². The molecule has 1 fully saturated rings. The molecular weight excluding hydrogens is 114 g/mol. The van der Waals surface area contributed by atoms with Crippen molar-refractivity contribution in [2.45, 2.75) is 25.9 Å². The number of hydrogen-bond donors (Lipinski definition) is 2. The highest BCUT2D eigenvalue weighted by Crippen LogP contribution is 2.13. The lowest BCUT2D eigenvalue weighted by Gasteiger charge is -2.24. The standard InChI is InChI=1S/C7H15NO/c1-6(9)7-3-2-4-8-5-7/h6-9H,2-5H2,1H3/t6-,7+/m1/s1. The van der Waals surface area contributed by atoms with Crippen molar-refractivity contribution in [1.82, 2.24) is 5.32 Å². The maximum absolute atomic E-state index is 9.14. The number of aliphatic hydroxyl groups excluding tert-OH is 1. The average molecular weight is 129 g/mol. The zero-order valence-corrected chi connectivity index (χ0v) is 5.93. The Morgan fingerprint density at radius 3 is 2.78 bits per heavy atom. The van der Waals surface area contributed by atoms with Gasteiger partial charge in [0.2, 0.25) is 0 Å². The van der Waals surface area contributed by atoms with Crippen LogP contribution in [0.4, 0.5) is 0 Å². The summed E-state index contributed by atoms with van der Waals surface area (Å²) in [5.74, 6) is 0.499. The minimum Gasteiger partial charge on any atom is -0.393 e. The van der Waals surface area contributed by atoms with Gasteiger partial charge in [-0.3, -0.25) is 0 Å². The Kier molecular flexibility index (Phi) is 2.49. The Hall–Kier alpha value is -0.0800. The maximum Gasteiger partial charge on any atom is 0.0552 e. The first-order valence-corrected chi connectivity index (χ1v) is 3.69. The monoisotopic (exact) mass is 129 g/mol. The zero-order chi connectivity index (χ0) is 6.69. The lowest BCUT2D eigenvalue weighted by atomic mass is 9.95. The molecule has 0 unspecified atom stereocenters. The van der Waals surface area contributed by atoms with Gasteiger partial charge in [-0.15, -0.1) is 0 Å². The Morgan fingerprint density at radius 1 is 1.67 bits per heavy atom. The molecule has 1 aliphatic heterocycles. The second-order valence-corrected chi connectivity index (χ2v) is 2.85. The van der Waals surface area contributed by atoms with Crippen molar-refractivity contribution in [1.29, 1.82) is 0 Å². The van der Waals surface area contributed by atoms with E-state index in [0.717, 1.165) is 13.1 Å². The Labute approximate surface area is 56.3 Å². The second kappa shape index (κ2) is 3.18. The van der Waals surface area contributed by atoms with Gasteiger partial charge in [0.1, 0.15) is 0 Å². The first kappa shape index (κ1) is 7.03. The third-order valence-corrected chi connectivity index (χ3v) is 2.02. The van der Waals surface area contributed by atoms with Crippen LogP contribution in [-0.2, 0) is 0 Å². The predicted octanol–water partition coefficient (Wildman–Crippen LogP) is 0.367. The second-order valence-electron chi connectivity index (χ2n) is 2.85. The third-order valence-electron chi connectivity index (χ3n) is 2.02. The summed E-state index contributed by atoms with van der Waals surface area (Å²) >= 11 is 0. The smallest absolute Gasteiger partial charge is 0.0552 e. The van der Waals surface area contributed by atoms with Crippen LogP contribution in [0.15, 0.2) is 0 Å². The van der Waals surface area contributed by atoms with Crippen molar-refractivity contribution in [2.24, 2.45) is 5.92 Å². The van der Waals surface area contributed by atoms with Crippen molar-refractivity contribution in [3.63, 3.8) is 0 Å². The van der Waals surface area contributed by atoms with Crippen LogP contribution in [0.25, 0.3) is 0 Å². The molecule has 1 saturated heterocycles. The molecule has 0 bridgehead atoms. The summed E-state index contributed by atoms with van der Waals surface area (Å²) in [5, 5.41) is 12.4. The van der Waals surface area contributed by atoms with Crippen LogP contribution in [0.1, 0.15) is 19.8 Å². The van der Waals surface area contributed by atoms with Crippen molar-refractivity contribution in [2.75, 3.05) is 13.1 Å². The van der Waals surface area contributed by atoms with Crippen LogP contribution in [0.2, 0.25) is 0 Å². The first-order valence-electron chi connectivity index (χ1n) is 3.69. The average Bonchev–Trinajstić information content (AvgIpc) is 1.90. The molecule has 2 N–H and O–H groups in total. The van der Waals surface area contributed by atoms with E-state index in [1.807, 2.05) is 6.92 Å². The van der Waals surface area contributed by atoms with Gasteiger partial charge in [-0.05, 0) is 32.2 Å². The van der Waals surface area contributed by atoms with Crippen LogP contribution in [-0.4, -0.2) is 24.3 Å². The fourth-order valence-electron chi connectivity index (χ4n) is 1.29. The number of piperidine rings is 1. The van der Waals surface area contributed by atoms with E-state index in [9.17, 15) is 0 Å². The molecule has 0 aromatic heterocycles. The van der Waals surface area contributed by atoms with Gasteiger partial charge in [0.05, 0.1) is 6.10 Å². The molecule has 2 heteroatoms. The quantitative estimate of drug-likeness (QED) is 0.536. The molecule has 0 spiro atoms. The minimum atomic E-state index is -0.127. The Balaban J connectivity index is 2.23. The molecule has 1 aliphatic rings. The maximum atomic E-state index is 9.14. The molecule has 0 saturated carbocycles. The topological polar surface area (TPSA) is 32.3 Å². The molecular formula is C7H15NO. The lowest BCUT2D eigenvalue weighted by Crippen LogP contribution is -2.35. The summed E-state index contributed by atoms with van der Waals surface area (Å²) in [4.78, 5) is 0. The fourth-order valence-corrected chi connectivity index (χ4v) is 1.29. The largest absolute Gasteiger partial charge is 0.393 e. The van der Waals surface area contributed by atoms with E-state index in [0.29, 0.717) is 5.92 Å². The third kappa shape index (κ3) is 1.95. The number of nitrogens with one attached hydrogen (secondary N) is 1. The SMILES string of the molecule is C[C@@H](O)[C@H]1CCCNC1. The molecule has 0 radical (unpaired) electrons. The van der Waals surface area contributed by atoms with Crippen LogP contribution in [0, 0.1) is 5.92 Å². The van der Waals surface area contributed by atoms with Gasteiger partial charge in [0.15, 0.2) is 0 Å². The van der Waals surface area contributed by atoms with E-state index in [4.69, 9.17) is 5.11 Å². The van der Waals surface area contributed by atoms with Gasteiger partial charge >= 0.3 is 0 Å². The Bertz CT molecular complexity index is 77.0. The molecule has 0 aromatic rings. The number of hydrogen-bond acceptors (Lipinski definition) is 2. The van der Waals surface area contributed by atoms with Gasteiger partial charge in [0.25, 0.3) is 0 Å². The van der Waals surface area contributed by atoms with Gasteiger partial charge in [-0.2, -0.15) is 0 Å². The molecule has 1 heterocycles. The molecule has 0 aromatic carbocycles. The van der Waals surface area contributed by atoms with E-state index in [-0.39, 0.29) is 6.10 Å². The highest BCUT2D eigenvalue weighted by Gasteiger charge is 2.16. The van der Waals surface area contributed by atoms with E-state index in [2.05, 4.69) is 5.32 Å². The highest BCUT2D eigenvalue weighted by molar-refractivity contribution is 4.72. The summed E-state index contributed by atoms with van der Waals surface area (Å²) in [6, 6.07) is 0. The van der Waals surface area contributed by atoms with E-state index in [1.54, 1.807) is 0 Å². The van der Waals surface area contributed by atoms with Gasteiger partial charge in [-0.25, -0.2) is 0 Å².